The van der Waals surface area contributed by atoms with Crippen molar-refractivity contribution in [3.05, 3.63) is 30.0 Å². The normalized spacial score (nSPS) is 11.5. The van der Waals surface area contributed by atoms with E-state index >= 15 is 0 Å². The summed E-state index contributed by atoms with van der Waals surface area (Å²) in [7, 11) is 0. The molecule has 4 N–H and O–H groups in total. The molecule has 2 aromatic rings. The summed E-state index contributed by atoms with van der Waals surface area (Å²) in [4.78, 5) is 22.8. The molecule has 0 spiro atoms. The minimum atomic E-state index is -0.377. The Morgan fingerprint density at radius 1 is 1.33 bits per heavy atom. The first kappa shape index (κ1) is 19.8. The van der Waals surface area contributed by atoms with Gasteiger partial charge in [0.15, 0.2) is 11.3 Å². The van der Waals surface area contributed by atoms with E-state index in [-0.39, 0.29) is 43.4 Å². The maximum absolute atomic E-state index is 11.8. The van der Waals surface area contributed by atoms with Crippen molar-refractivity contribution in [2.24, 2.45) is 5.73 Å². The third-order valence-corrected chi connectivity index (χ3v) is 3.26. The van der Waals surface area contributed by atoms with Gasteiger partial charge in [-0.2, -0.15) is 0 Å². The van der Waals surface area contributed by atoms with Crippen LogP contribution >= 0.6 is 12.4 Å². The maximum Gasteiger partial charge on any atom is 0.239 e. The van der Waals surface area contributed by atoms with Crippen LogP contribution in [-0.2, 0) is 9.59 Å². The first-order chi connectivity index (χ1) is 11.0. The van der Waals surface area contributed by atoms with Gasteiger partial charge in [0.05, 0.1) is 25.7 Å². The second kappa shape index (κ2) is 9.14. The van der Waals surface area contributed by atoms with Crippen molar-refractivity contribution in [1.82, 2.24) is 10.6 Å². The van der Waals surface area contributed by atoms with Crippen LogP contribution in [0.4, 0.5) is 0 Å². The first-order valence-electron chi connectivity index (χ1n) is 7.46. The van der Waals surface area contributed by atoms with Crippen molar-refractivity contribution in [1.29, 1.82) is 0 Å². The van der Waals surface area contributed by atoms with Crippen LogP contribution < -0.4 is 21.1 Å². The third kappa shape index (κ3) is 4.87. The van der Waals surface area contributed by atoms with Gasteiger partial charge >= 0.3 is 0 Å². The third-order valence-electron chi connectivity index (χ3n) is 3.26. The minimum absolute atomic E-state index is 0. The molecule has 1 atom stereocenters. The van der Waals surface area contributed by atoms with Crippen LogP contribution in [0.1, 0.15) is 25.6 Å². The molecule has 2 amide bonds. The number of para-hydroxylation sites is 1. The van der Waals surface area contributed by atoms with E-state index in [1.54, 1.807) is 6.92 Å². The monoisotopic (exact) mass is 355 g/mol. The van der Waals surface area contributed by atoms with Crippen LogP contribution in [0.2, 0.25) is 0 Å². The number of amides is 2. The predicted octanol–water partition coefficient (Wildman–Crippen LogP) is 1.51. The molecule has 0 bridgehead atoms. The van der Waals surface area contributed by atoms with Gasteiger partial charge in [0.2, 0.25) is 11.8 Å². The summed E-state index contributed by atoms with van der Waals surface area (Å²) >= 11 is 0. The summed E-state index contributed by atoms with van der Waals surface area (Å²) in [6, 6.07) is 7.17. The second-order valence-electron chi connectivity index (χ2n) is 5.03. The number of hydrogen-bond donors (Lipinski definition) is 3. The molecule has 8 heteroatoms. The molecule has 0 aliphatic heterocycles. The highest BCUT2D eigenvalue weighted by Gasteiger charge is 2.16. The lowest BCUT2D eigenvalue weighted by Gasteiger charge is -2.11. The molecular weight excluding hydrogens is 334 g/mol. The summed E-state index contributed by atoms with van der Waals surface area (Å²) in [5, 5.41) is 6.08. The summed E-state index contributed by atoms with van der Waals surface area (Å²) in [6.45, 7) is 3.99. The number of rotatable bonds is 7. The van der Waals surface area contributed by atoms with Gasteiger partial charge in [-0.1, -0.05) is 12.1 Å². The zero-order chi connectivity index (χ0) is 16.8. The van der Waals surface area contributed by atoms with Gasteiger partial charge in [-0.15, -0.1) is 12.4 Å². The predicted molar refractivity (Wildman–Crippen MR) is 93.3 cm³/mol. The Hall–Kier alpha value is -2.25. The number of nitrogens with one attached hydrogen (secondary N) is 2. The number of furan rings is 1. The second-order valence-corrected chi connectivity index (χ2v) is 5.03. The van der Waals surface area contributed by atoms with E-state index in [4.69, 9.17) is 14.9 Å². The van der Waals surface area contributed by atoms with E-state index in [9.17, 15) is 9.59 Å². The lowest BCUT2D eigenvalue weighted by Crippen LogP contribution is -2.40. The van der Waals surface area contributed by atoms with Gasteiger partial charge in [-0.25, -0.2) is 0 Å². The van der Waals surface area contributed by atoms with E-state index in [1.165, 1.54) is 0 Å². The summed E-state index contributed by atoms with van der Waals surface area (Å²) in [5.41, 5.74) is 5.82. The molecule has 1 unspecified atom stereocenters. The molecule has 0 aliphatic rings. The Morgan fingerprint density at radius 2 is 2.08 bits per heavy atom. The smallest absolute Gasteiger partial charge is 0.239 e. The number of nitrogens with two attached hydrogens (primary N) is 1. The lowest BCUT2D eigenvalue weighted by molar-refractivity contribution is -0.125. The maximum atomic E-state index is 11.8. The van der Waals surface area contributed by atoms with Crippen molar-refractivity contribution in [3.63, 3.8) is 0 Å². The number of hydrogen-bond acceptors (Lipinski definition) is 5. The topological polar surface area (TPSA) is 107 Å². The number of ether oxygens (including phenoxy) is 1. The van der Waals surface area contributed by atoms with E-state index in [0.29, 0.717) is 23.7 Å². The molecule has 0 radical (unpaired) electrons. The molecule has 1 heterocycles. The molecule has 0 saturated heterocycles. The van der Waals surface area contributed by atoms with Crippen molar-refractivity contribution in [2.75, 3.05) is 19.7 Å². The Bertz CT molecular complexity index is 702. The minimum Gasteiger partial charge on any atom is -0.490 e. The van der Waals surface area contributed by atoms with Crippen molar-refractivity contribution in [2.45, 2.75) is 19.9 Å². The summed E-state index contributed by atoms with van der Waals surface area (Å²) in [6.07, 6.45) is 0. The fraction of sp³-hybridized carbons (Fsp3) is 0.375. The van der Waals surface area contributed by atoms with Gasteiger partial charge in [0.25, 0.3) is 0 Å². The highest BCUT2D eigenvalue weighted by molar-refractivity contribution is 5.86. The van der Waals surface area contributed by atoms with Gasteiger partial charge in [-0.3, -0.25) is 9.59 Å². The van der Waals surface area contributed by atoms with Crippen LogP contribution in [0.25, 0.3) is 11.0 Å². The van der Waals surface area contributed by atoms with Crippen molar-refractivity contribution < 1.29 is 18.7 Å². The van der Waals surface area contributed by atoms with E-state index in [2.05, 4.69) is 10.6 Å². The van der Waals surface area contributed by atoms with Crippen molar-refractivity contribution in [3.8, 4) is 5.75 Å². The number of halogens is 1. The first-order valence-corrected chi connectivity index (χ1v) is 7.46. The zero-order valence-electron chi connectivity index (χ0n) is 13.6. The molecule has 0 saturated carbocycles. The van der Waals surface area contributed by atoms with Crippen LogP contribution in [0.3, 0.4) is 0 Å². The molecule has 1 aromatic heterocycles. The number of carbonyl (C=O) groups is 2. The Balaban J connectivity index is 0.00000288. The van der Waals surface area contributed by atoms with Gasteiger partial charge in [0, 0.05) is 5.39 Å². The number of fused-ring (bicyclic) bond motifs is 1. The Morgan fingerprint density at radius 3 is 2.75 bits per heavy atom. The van der Waals surface area contributed by atoms with Crippen LogP contribution in [0.5, 0.6) is 5.75 Å². The number of benzene rings is 1. The molecule has 0 fully saturated rings. The average Bonchev–Trinajstić information content (AvgIpc) is 2.98. The Kier molecular flexibility index (Phi) is 7.54. The fourth-order valence-corrected chi connectivity index (χ4v) is 2.15. The molecule has 1 aromatic carbocycles. The zero-order valence-corrected chi connectivity index (χ0v) is 14.4. The summed E-state index contributed by atoms with van der Waals surface area (Å²) in [5.74, 6) is 0.596. The van der Waals surface area contributed by atoms with Gasteiger partial charge in [0.1, 0.15) is 5.76 Å². The van der Waals surface area contributed by atoms with Gasteiger partial charge in [-0.05, 0) is 26.0 Å². The highest BCUT2D eigenvalue weighted by Crippen LogP contribution is 2.31. The molecule has 132 valence electrons. The van der Waals surface area contributed by atoms with Crippen molar-refractivity contribution >= 4 is 35.2 Å². The Labute approximate surface area is 146 Å². The average molecular weight is 356 g/mol. The van der Waals surface area contributed by atoms with Crippen LogP contribution in [0, 0.1) is 0 Å². The highest BCUT2D eigenvalue weighted by atomic mass is 35.5. The van der Waals surface area contributed by atoms with Crippen LogP contribution in [0.15, 0.2) is 28.7 Å². The number of carbonyl (C=O) groups excluding carboxylic acids is 2. The molecular formula is C16H22ClN3O4. The van der Waals surface area contributed by atoms with E-state index < -0.39 is 0 Å². The summed E-state index contributed by atoms with van der Waals surface area (Å²) < 4.78 is 11.3. The quantitative estimate of drug-likeness (QED) is 0.697. The standard InChI is InChI=1S/C16H21N3O4.ClH/c1-3-22-12-6-4-5-11-7-13(23-16(11)12)10(2)19-15(21)9-18-14(20)8-17;/h4-7,10H,3,8-9,17H2,1-2H3,(H,18,20)(H,19,21);1H. The van der Waals surface area contributed by atoms with Gasteiger partial charge < -0.3 is 25.5 Å². The molecule has 24 heavy (non-hydrogen) atoms. The molecule has 0 aliphatic carbocycles. The SMILES string of the molecule is CCOc1cccc2cc(C(C)NC(=O)CNC(=O)CN)oc12.Cl. The van der Waals surface area contributed by atoms with Crippen LogP contribution in [-0.4, -0.2) is 31.5 Å². The molecule has 7 nitrogen and oxygen atoms in total. The van der Waals surface area contributed by atoms with E-state index in [0.717, 1.165) is 5.39 Å². The fourth-order valence-electron chi connectivity index (χ4n) is 2.15. The lowest BCUT2D eigenvalue weighted by atomic mass is 10.2. The molecule has 2 rings (SSSR count). The van der Waals surface area contributed by atoms with E-state index in [1.807, 2.05) is 31.2 Å². The largest absolute Gasteiger partial charge is 0.490 e.